The number of halogens is 2. The highest BCUT2D eigenvalue weighted by Gasteiger charge is 2.56. The number of nitrogens with one attached hydrogen (secondary N) is 1. The summed E-state index contributed by atoms with van der Waals surface area (Å²) in [5.41, 5.74) is 1.12. The van der Waals surface area contributed by atoms with Crippen LogP contribution in [0.15, 0.2) is 30.5 Å². The molecule has 0 spiro atoms. The Bertz CT molecular complexity index is 1380. The van der Waals surface area contributed by atoms with Crippen LogP contribution in [0.5, 0.6) is 0 Å². The van der Waals surface area contributed by atoms with Crippen LogP contribution in [0.1, 0.15) is 47.6 Å². The van der Waals surface area contributed by atoms with E-state index in [1.165, 1.54) is 16.9 Å². The Labute approximate surface area is 204 Å². The van der Waals surface area contributed by atoms with E-state index < -0.39 is 23.9 Å². The molecule has 3 aromatic rings. The van der Waals surface area contributed by atoms with E-state index in [9.17, 15) is 23.9 Å². The van der Waals surface area contributed by atoms with Gasteiger partial charge in [-0.1, -0.05) is 23.7 Å². The van der Waals surface area contributed by atoms with Crippen molar-refractivity contribution in [2.24, 2.45) is 5.92 Å². The van der Waals surface area contributed by atoms with Crippen LogP contribution in [0.25, 0.3) is 10.9 Å². The number of fused-ring (bicyclic) bond motifs is 2. The van der Waals surface area contributed by atoms with Gasteiger partial charge in [0.05, 0.1) is 22.3 Å². The third kappa shape index (κ3) is 4.01. The fourth-order valence-corrected chi connectivity index (χ4v) is 5.26. The predicted octanol–water partition coefficient (Wildman–Crippen LogP) is 3.10. The van der Waals surface area contributed by atoms with Gasteiger partial charge < -0.3 is 15.3 Å². The van der Waals surface area contributed by atoms with Gasteiger partial charge >= 0.3 is 5.97 Å². The highest BCUT2D eigenvalue weighted by atomic mass is 35.5. The number of aromatic carboxylic acids is 1. The molecule has 0 bridgehead atoms. The first kappa shape index (κ1) is 23.2. The number of benzene rings is 1. The molecular formula is C24H23ClFN5O4. The number of carbonyl (C=O) groups excluding carboxylic acids is 2. The van der Waals surface area contributed by atoms with Gasteiger partial charge in [-0.15, -0.1) is 0 Å². The first-order valence-electron chi connectivity index (χ1n) is 11.3. The molecule has 35 heavy (non-hydrogen) atoms. The SMILES string of the molecule is Cc1nccc2c(C(=O)O)nn(CC(=O)N3[C@@H]4C[C@@H]4C[C@H]3C(=O)N[C@H](C)c3cccc(Cl)c3F)c12. The molecule has 0 unspecified atom stereocenters. The second-order valence-electron chi connectivity index (χ2n) is 9.09. The Kier molecular flexibility index (Phi) is 5.71. The lowest BCUT2D eigenvalue weighted by molar-refractivity contribution is -0.140. The number of carboxylic acid groups (broad SMARTS) is 1. The summed E-state index contributed by atoms with van der Waals surface area (Å²) in [7, 11) is 0. The number of aryl methyl sites for hydroxylation is 1. The molecule has 2 N–H and O–H groups in total. The van der Waals surface area contributed by atoms with Crippen LogP contribution in [-0.4, -0.2) is 54.6 Å². The molecule has 9 nitrogen and oxygen atoms in total. The fourth-order valence-electron chi connectivity index (χ4n) is 5.07. The molecule has 2 fully saturated rings. The molecule has 0 radical (unpaired) electrons. The first-order valence-corrected chi connectivity index (χ1v) is 11.7. The summed E-state index contributed by atoms with van der Waals surface area (Å²) in [6, 6.07) is 4.77. The number of amides is 2. The van der Waals surface area contributed by atoms with Crippen molar-refractivity contribution in [3.05, 3.63) is 58.3 Å². The number of hydrogen-bond acceptors (Lipinski definition) is 5. The first-order chi connectivity index (χ1) is 16.7. The molecule has 3 heterocycles. The van der Waals surface area contributed by atoms with Gasteiger partial charge in [-0.25, -0.2) is 9.18 Å². The van der Waals surface area contributed by atoms with E-state index in [4.69, 9.17) is 11.6 Å². The van der Waals surface area contributed by atoms with Crippen LogP contribution in [-0.2, 0) is 16.1 Å². The number of piperidine rings is 1. The summed E-state index contributed by atoms with van der Waals surface area (Å²) in [6.07, 6.45) is 2.83. The van der Waals surface area contributed by atoms with Gasteiger partial charge in [0.25, 0.3) is 0 Å². The van der Waals surface area contributed by atoms with Crippen molar-refractivity contribution in [3.8, 4) is 0 Å². The monoisotopic (exact) mass is 499 g/mol. The summed E-state index contributed by atoms with van der Waals surface area (Å²) >= 11 is 5.87. The Morgan fingerprint density at radius 2 is 2.06 bits per heavy atom. The Morgan fingerprint density at radius 1 is 1.29 bits per heavy atom. The lowest BCUT2D eigenvalue weighted by Gasteiger charge is -2.28. The minimum Gasteiger partial charge on any atom is -0.476 e. The van der Waals surface area contributed by atoms with Crippen molar-refractivity contribution in [1.29, 1.82) is 0 Å². The summed E-state index contributed by atoms with van der Waals surface area (Å²) in [5, 5.41) is 16.9. The average molecular weight is 500 g/mol. The molecule has 182 valence electrons. The Morgan fingerprint density at radius 3 is 2.80 bits per heavy atom. The molecule has 4 atom stereocenters. The molecule has 2 aliphatic rings. The van der Waals surface area contributed by atoms with E-state index in [2.05, 4.69) is 15.4 Å². The number of pyridine rings is 1. The van der Waals surface area contributed by atoms with Gasteiger partial charge in [0.2, 0.25) is 11.8 Å². The molecule has 1 aliphatic carbocycles. The normalized spacial score (nSPS) is 21.6. The summed E-state index contributed by atoms with van der Waals surface area (Å²) in [6.45, 7) is 3.16. The molecule has 5 rings (SSSR count). The number of rotatable bonds is 6. The van der Waals surface area contributed by atoms with Crippen molar-refractivity contribution >= 4 is 40.3 Å². The number of carbonyl (C=O) groups is 3. The van der Waals surface area contributed by atoms with Gasteiger partial charge in [-0.3, -0.25) is 19.3 Å². The lowest BCUT2D eigenvalue weighted by Crippen LogP contribution is -2.49. The van der Waals surface area contributed by atoms with Crippen molar-refractivity contribution in [2.75, 3.05) is 0 Å². The summed E-state index contributed by atoms with van der Waals surface area (Å²) in [4.78, 5) is 44.0. The molecule has 2 amide bonds. The molecule has 1 saturated carbocycles. The van der Waals surface area contributed by atoms with E-state index in [1.807, 2.05) is 0 Å². The quantitative estimate of drug-likeness (QED) is 0.538. The number of likely N-dealkylation sites (tertiary alicyclic amines) is 1. The fraction of sp³-hybridized carbons (Fsp3) is 0.375. The molecule has 2 aromatic heterocycles. The van der Waals surface area contributed by atoms with Crippen LogP contribution >= 0.6 is 11.6 Å². The maximum Gasteiger partial charge on any atom is 0.357 e. The molecule has 1 saturated heterocycles. The number of nitrogens with zero attached hydrogens (tertiary/aromatic N) is 4. The van der Waals surface area contributed by atoms with E-state index in [-0.39, 0.29) is 46.6 Å². The summed E-state index contributed by atoms with van der Waals surface area (Å²) < 4.78 is 15.8. The van der Waals surface area contributed by atoms with Crippen LogP contribution in [0.4, 0.5) is 4.39 Å². The van der Waals surface area contributed by atoms with E-state index in [0.717, 1.165) is 6.42 Å². The largest absolute Gasteiger partial charge is 0.476 e. The predicted molar refractivity (Wildman–Crippen MR) is 124 cm³/mol. The minimum absolute atomic E-state index is 0.0283. The van der Waals surface area contributed by atoms with Gasteiger partial charge in [-0.2, -0.15) is 5.10 Å². The minimum atomic E-state index is -1.20. The zero-order valence-corrected chi connectivity index (χ0v) is 19.8. The Hall–Kier alpha value is -3.53. The van der Waals surface area contributed by atoms with Crippen LogP contribution in [0, 0.1) is 18.7 Å². The topological polar surface area (TPSA) is 117 Å². The smallest absolute Gasteiger partial charge is 0.357 e. The standard InChI is InChI=1S/C24H23ClFN5O4/c1-11(14-4-3-5-16(25)20(14)26)28-23(33)18-9-13-8-17(13)31(18)19(32)10-30-22-12(2)27-7-6-15(22)21(29-30)24(34)35/h3-7,11,13,17-18H,8-10H2,1-2H3,(H,28,33)(H,34,35)/t11-,13-,17-,18+/m1/s1. The number of hydrogen-bond donors (Lipinski definition) is 2. The molecule has 11 heteroatoms. The maximum atomic E-state index is 14.4. The second-order valence-corrected chi connectivity index (χ2v) is 9.50. The van der Waals surface area contributed by atoms with Gasteiger partial charge in [-0.05, 0) is 44.7 Å². The van der Waals surface area contributed by atoms with Crippen molar-refractivity contribution in [1.82, 2.24) is 25.0 Å². The average Bonchev–Trinajstić information content (AvgIpc) is 3.29. The summed E-state index contributed by atoms with van der Waals surface area (Å²) in [5.74, 6) is -2.25. The van der Waals surface area contributed by atoms with E-state index >= 15 is 0 Å². The second kappa shape index (κ2) is 8.60. The van der Waals surface area contributed by atoms with Crippen LogP contribution < -0.4 is 5.32 Å². The van der Waals surface area contributed by atoms with Gasteiger partial charge in [0.1, 0.15) is 18.4 Å². The van der Waals surface area contributed by atoms with E-state index in [1.54, 1.807) is 36.9 Å². The number of aromatic nitrogens is 3. The molecular weight excluding hydrogens is 477 g/mol. The maximum absolute atomic E-state index is 14.4. The van der Waals surface area contributed by atoms with Crippen molar-refractivity contribution < 1.29 is 23.9 Å². The van der Waals surface area contributed by atoms with Gasteiger partial charge in [0, 0.05) is 23.2 Å². The highest BCUT2D eigenvalue weighted by molar-refractivity contribution is 6.30. The van der Waals surface area contributed by atoms with E-state index in [0.29, 0.717) is 23.0 Å². The lowest BCUT2D eigenvalue weighted by atomic mass is 10.1. The van der Waals surface area contributed by atoms with Crippen molar-refractivity contribution in [3.63, 3.8) is 0 Å². The third-order valence-corrected chi connectivity index (χ3v) is 7.12. The molecule has 1 aliphatic heterocycles. The van der Waals surface area contributed by atoms with Crippen LogP contribution in [0.3, 0.4) is 0 Å². The highest BCUT2D eigenvalue weighted by Crippen LogP contribution is 2.48. The van der Waals surface area contributed by atoms with Crippen molar-refractivity contribution in [2.45, 2.75) is 51.4 Å². The van der Waals surface area contributed by atoms with Gasteiger partial charge in [0.15, 0.2) is 5.69 Å². The zero-order chi connectivity index (χ0) is 25.0. The molecule has 1 aromatic carbocycles. The van der Waals surface area contributed by atoms with Crippen LogP contribution in [0.2, 0.25) is 5.02 Å². The zero-order valence-electron chi connectivity index (χ0n) is 19.0. The number of carboxylic acids is 1. The third-order valence-electron chi connectivity index (χ3n) is 6.83. The Balaban J connectivity index is 1.37.